The fourth-order valence-electron chi connectivity index (χ4n) is 7.45. The summed E-state index contributed by atoms with van der Waals surface area (Å²) in [4.78, 5) is 5.13. The van der Waals surface area contributed by atoms with Gasteiger partial charge in [-0.05, 0) is 65.2 Å². The van der Waals surface area contributed by atoms with Crippen LogP contribution in [-0.2, 0) is 0 Å². The average Bonchev–Trinajstić information content (AvgIpc) is 3.74. The Hall–Kier alpha value is -6.71. The zero-order valence-electron chi connectivity index (χ0n) is 27.1. The Balaban J connectivity index is 1.26. The Labute approximate surface area is 289 Å². The van der Waals surface area contributed by atoms with Crippen LogP contribution in [0.3, 0.4) is 0 Å². The number of benzene rings is 7. The van der Waals surface area contributed by atoms with Crippen LogP contribution in [0, 0.1) is 0 Å². The quantitative estimate of drug-likeness (QED) is 0.188. The molecule has 0 radical (unpaired) electrons. The minimum Gasteiger partial charge on any atom is -0.455 e. The lowest BCUT2D eigenvalue weighted by Gasteiger charge is -2.10. The molecule has 10 rings (SSSR count). The van der Waals surface area contributed by atoms with Crippen LogP contribution in [0.15, 0.2) is 186 Å². The predicted octanol–water partition coefficient (Wildman–Crippen LogP) is 12.7. The summed E-state index contributed by atoms with van der Waals surface area (Å²) in [5.41, 5.74) is 13.6. The molecular formula is C47H30N2O. The van der Waals surface area contributed by atoms with Crippen molar-refractivity contribution >= 4 is 43.7 Å². The Bertz CT molecular complexity index is 2780. The molecule has 0 aliphatic carbocycles. The zero-order valence-corrected chi connectivity index (χ0v) is 27.1. The highest BCUT2D eigenvalue weighted by Gasteiger charge is 2.21. The summed E-state index contributed by atoms with van der Waals surface area (Å²) < 4.78 is 9.47. The van der Waals surface area contributed by atoms with E-state index in [0.717, 1.165) is 83.1 Å². The minimum atomic E-state index is 0.874. The molecule has 3 aromatic heterocycles. The highest BCUT2D eigenvalue weighted by atomic mass is 16.3. The van der Waals surface area contributed by atoms with Crippen molar-refractivity contribution in [3.05, 3.63) is 182 Å². The van der Waals surface area contributed by atoms with Gasteiger partial charge in [-0.3, -0.25) is 0 Å². The van der Waals surface area contributed by atoms with Crippen LogP contribution < -0.4 is 0 Å². The predicted molar refractivity (Wildman–Crippen MR) is 208 cm³/mol. The smallest absolute Gasteiger partial charge is 0.145 e. The van der Waals surface area contributed by atoms with Crippen molar-refractivity contribution in [3.63, 3.8) is 0 Å². The summed E-state index contributed by atoms with van der Waals surface area (Å²) in [6.45, 7) is 0. The molecule has 3 nitrogen and oxygen atoms in total. The zero-order chi connectivity index (χ0) is 33.0. The molecule has 0 N–H and O–H groups in total. The van der Waals surface area contributed by atoms with Crippen LogP contribution in [0.2, 0.25) is 0 Å². The van der Waals surface area contributed by atoms with Crippen LogP contribution >= 0.6 is 0 Å². The number of fused-ring (bicyclic) bond motifs is 7. The first kappa shape index (κ1) is 28.3. The van der Waals surface area contributed by atoms with Gasteiger partial charge in [-0.2, -0.15) is 0 Å². The highest BCUT2D eigenvalue weighted by Crippen LogP contribution is 2.44. The van der Waals surface area contributed by atoms with E-state index in [1.807, 2.05) is 12.1 Å². The van der Waals surface area contributed by atoms with Crippen molar-refractivity contribution in [1.29, 1.82) is 0 Å². The van der Waals surface area contributed by atoms with Gasteiger partial charge < -0.3 is 8.98 Å². The first-order chi connectivity index (χ1) is 24.8. The molecule has 0 fully saturated rings. The Morgan fingerprint density at radius 3 is 1.62 bits per heavy atom. The minimum absolute atomic E-state index is 0.874. The van der Waals surface area contributed by atoms with E-state index in [4.69, 9.17) is 9.40 Å². The van der Waals surface area contributed by atoms with Gasteiger partial charge in [0.15, 0.2) is 0 Å². The largest absolute Gasteiger partial charge is 0.455 e. The number of para-hydroxylation sites is 2. The molecule has 50 heavy (non-hydrogen) atoms. The van der Waals surface area contributed by atoms with Gasteiger partial charge in [-0.1, -0.05) is 133 Å². The van der Waals surface area contributed by atoms with Crippen molar-refractivity contribution in [2.45, 2.75) is 0 Å². The summed E-state index contributed by atoms with van der Waals surface area (Å²) in [7, 11) is 0. The lowest BCUT2D eigenvalue weighted by molar-refractivity contribution is 0.674. The Morgan fingerprint density at radius 1 is 0.380 bits per heavy atom. The molecule has 0 bridgehead atoms. The molecule has 0 aliphatic heterocycles. The van der Waals surface area contributed by atoms with Crippen LogP contribution in [0.25, 0.3) is 94.2 Å². The molecule has 0 unspecified atom stereocenters. The normalized spacial score (nSPS) is 11.6. The Morgan fingerprint density at radius 2 is 0.960 bits per heavy atom. The maximum atomic E-state index is 7.11. The lowest BCUT2D eigenvalue weighted by Crippen LogP contribution is -1.92. The Kier molecular flexibility index (Phi) is 6.49. The van der Waals surface area contributed by atoms with Crippen LogP contribution in [-0.4, -0.2) is 9.55 Å². The maximum absolute atomic E-state index is 7.11. The van der Waals surface area contributed by atoms with E-state index in [-0.39, 0.29) is 0 Å². The number of rotatable bonds is 5. The van der Waals surface area contributed by atoms with E-state index in [0.29, 0.717) is 0 Å². The second-order valence-electron chi connectivity index (χ2n) is 12.7. The van der Waals surface area contributed by atoms with Gasteiger partial charge in [-0.25, -0.2) is 4.98 Å². The molecule has 0 saturated heterocycles. The number of furan rings is 1. The average molecular weight is 639 g/mol. The molecule has 3 heterocycles. The van der Waals surface area contributed by atoms with Gasteiger partial charge in [-0.15, -0.1) is 0 Å². The monoisotopic (exact) mass is 638 g/mol. The summed E-state index contributed by atoms with van der Waals surface area (Å²) in [5, 5.41) is 4.48. The second-order valence-corrected chi connectivity index (χ2v) is 12.7. The van der Waals surface area contributed by atoms with Crippen LogP contribution in [0.1, 0.15) is 0 Å². The molecule has 0 spiro atoms. The third-order valence-corrected chi connectivity index (χ3v) is 9.79. The number of pyridine rings is 1. The standard InChI is InChI=1S/C47H30N2O/c1-5-14-31(15-6-1)34-24-26-43-40(28-34)45-44(49(43)36-20-11-4-12-21-36)27-25-39-38-23-13-22-37(46(38)50-47(39)45)35-29-41(32-16-7-2-8-17-32)48-42(30-35)33-18-9-3-10-19-33/h1-30H. The van der Waals surface area contributed by atoms with Gasteiger partial charge in [0.25, 0.3) is 0 Å². The van der Waals surface area contributed by atoms with Gasteiger partial charge >= 0.3 is 0 Å². The van der Waals surface area contributed by atoms with Crippen LogP contribution in [0.4, 0.5) is 0 Å². The van der Waals surface area contributed by atoms with Crippen molar-refractivity contribution in [3.8, 4) is 50.5 Å². The first-order valence-corrected chi connectivity index (χ1v) is 17.0. The van der Waals surface area contributed by atoms with Gasteiger partial charge in [0.05, 0.1) is 27.8 Å². The molecule has 0 saturated carbocycles. The van der Waals surface area contributed by atoms with Crippen molar-refractivity contribution in [1.82, 2.24) is 9.55 Å². The van der Waals surface area contributed by atoms with Gasteiger partial charge in [0.1, 0.15) is 11.2 Å². The molecule has 0 amide bonds. The fraction of sp³-hybridized carbons (Fsp3) is 0. The summed E-state index contributed by atoms with van der Waals surface area (Å²) in [6, 6.07) is 64.1. The summed E-state index contributed by atoms with van der Waals surface area (Å²) in [6.07, 6.45) is 0. The van der Waals surface area contributed by atoms with E-state index >= 15 is 0 Å². The molecular weight excluding hydrogens is 609 g/mol. The third kappa shape index (κ3) is 4.56. The molecule has 3 heteroatoms. The summed E-state index contributed by atoms with van der Waals surface area (Å²) >= 11 is 0. The molecule has 0 aliphatic rings. The maximum Gasteiger partial charge on any atom is 0.145 e. The van der Waals surface area contributed by atoms with E-state index < -0.39 is 0 Å². The molecule has 7 aromatic carbocycles. The van der Waals surface area contributed by atoms with Gasteiger partial charge in [0.2, 0.25) is 0 Å². The van der Waals surface area contributed by atoms with E-state index in [2.05, 4.69) is 174 Å². The van der Waals surface area contributed by atoms with Crippen molar-refractivity contribution in [2.24, 2.45) is 0 Å². The van der Waals surface area contributed by atoms with Crippen molar-refractivity contribution in [2.75, 3.05) is 0 Å². The van der Waals surface area contributed by atoms with E-state index in [1.165, 1.54) is 11.1 Å². The fourth-order valence-corrected chi connectivity index (χ4v) is 7.45. The number of hydrogen-bond donors (Lipinski definition) is 0. The third-order valence-electron chi connectivity index (χ3n) is 9.79. The van der Waals surface area contributed by atoms with E-state index in [1.54, 1.807) is 0 Å². The number of aromatic nitrogens is 2. The SMILES string of the molecule is c1ccc(-c2ccc3c(c2)c2c4oc5c(-c6cc(-c7ccccc7)nc(-c7ccccc7)c6)cccc5c4ccc2n3-c2ccccc2)cc1. The number of nitrogens with zero attached hydrogens (tertiary/aromatic N) is 2. The van der Waals surface area contributed by atoms with Crippen LogP contribution in [0.5, 0.6) is 0 Å². The van der Waals surface area contributed by atoms with Crippen molar-refractivity contribution < 1.29 is 4.42 Å². The highest BCUT2D eigenvalue weighted by molar-refractivity contribution is 6.25. The number of hydrogen-bond acceptors (Lipinski definition) is 2. The second kappa shape index (κ2) is 11.5. The lowest BCUT2D eigenvalue weighted by atomic mass is 9.98. The van der Waals surface area contributed by atoms with Gasteiger partial charge in [0, 0.05) is 38.5 Å². The summed E-state index contributed by atoms with van der Waals surface area (Å²) in [5.74, 6) is 0. The molecule has 0 atom stereocenters. The molecule has 234 valence electrons. The first-order valence-electron chi connectivity index (χ1n) is 17.0. The van der Waals surface area contributed by atoms with E-state index in [9.17, 15) is 0 Å². The topological polar surface area (TPSA) is 31.0 Å². The molecule has 10 aromatic rings.